The van der Waals surface area contributed by atoms with E-state index >= 15 is 0 Å². The molecule has 0 bridgehead atoms. The Kier molecular flexibility index (Phi) is 9.87. The number of hydrogen-bond acceptors (Lipinski definition) is 3. The number of rotatable bonds is 6. The number of nitrogens with one attached hydrogen (secondary N) is 2. The molecule has 6 nitrogen and oxygen atoms in total. The first kappa shape index (κ1) is 18.8. The molecule has 1 heterocycles. The Bertz CT molecular complexity index is 405. The van der Waals surface area contributed by atoms with Gasteiger partial charge in [-0.1, -0.05) is 0 Å². The summed E-state index contributed by atoms with van der Waals surface area (Å²) in [5, 5.41) is 6.24. The third-order valence-corrected chi connectivity index (χ3v) is 2.45. The van der Waals surface area contributed by atoms with Gasteiger partial charge in [-0.15, -0.1) is 24.0 Å². The summed E-state index contributed by atoms with van der Waals surface area (Å²) < 4.78 is 5.21. The van der Waals surface area contributed by atoms with E-state index < -0.39 is 0 Å². The number of carbonyl (C=O) groups excluding carboxylic acids is 1. The fraction of sp³-hybridized carbons (Fsp3) is 0.538. The highest BCUT2D eigenvalue weighted by Crippen LogP contribution is 2.01. The lowest BCUT2D eigenvalue weighted by Crippen LogP contribution is -2.39. The number of guanidine groups is 1. The molecule has 1 rings (SSSR count). The highest BCUT2D eigenvalue weighted by molar-refractivity contribution is 14.0. The molecule has 0 saturated heterocycles. The number of amides is 1. The quantitative estimate of drug-likeness (QED) is 0.435. The molecule has 0 aliphatic heterocycles. The van der Waals surface area contributed by atoms with Crippen LogP contribution in [0.25, 0.3) is 0 Å². The van der Waals surface area contributed by atoms with Crippen molar-refractivity contribution < 1.29 is 9.21 Å². The summed E-state index contributed by atoms with van der Waals surface area (Å²) in [6.07, 6.45) is 2.07. The lowest BCUT2D eigenvalue weighted by Gasteiger charge is -2.13. The van der Waals surface area contributed by atoms with Gasteiger partial charge in [0.2, 0.25) is 5.91 Å². The summed E-state index contributed by atoms with van der Waals surface area (Å²) in [4.78, 5) is 17.4. The second kappa shape index (κ2) is 10.5. The maximum atomic E-state index is 11.4. The predicted octanol–water partition coefficient (Wildman–Crippen LogP) is 1.43. The Hall–Kier alpha value is -1.25. The van der Waals surface area contributed by atoms with Gasteiger partial charge in [-0.2, -0.15) is 0 Å². The fourth-order valence-corrected chi connectivity index (χ4v) is 1.41. The van der Waals surface area contributed by atoms with Gasteiger partial charge in [0.25, 0.3) is 0 Å². The van der Waals surface area contributed by atoms with Crippen molar-refractivity contribution in [3.8, 4) is 0 Å². The van der Waals surface area contributed by atoms with Crippen LogP contribution in [0, 0.1) is 0 Å². The van der Waals surface area contributed by atoms with Crippen LogP contribution in [0.1, 0.15) is 19.1 Å². The minimum atomic E-state index is 0. The molecule has 1 aromatic heterocycles. The Morgan fingerprint density at radius 3 is 2.70 bits per heavy atom. The van der Waals surface area contributed by atoms with E-state index in [9.17, 15) is 4.79 Å². The highest BCUT2D eigenvalue weighted by Gasteiger charge is 2.04. The van der Waals surface area contributed by atoms with Crippen LogP contribution in [0.4, 0.5) is 0 Å². The number of halogens is 1. The second-order valence-corrected chi connectivity index (χ2v) is 4.24. The van der Waals surface area contributed by atoms with Gasteiger partial charge >= 0.3 is 0 Å². The van der Waals surface area contributed by atoms with Gasteiger partial charge in [-0.25, -0.2) is 4.99 Å². The van der Waals surface area contributed by atoms with Gasteiger partial charge in [0.1, 0.15) is 12.3 Å². The first-order chi connectivity index (χ1) is 9.13. The summed E-state index contributed by atoms with van der Waals surface area (Å²) in [6, 6.07) is 3.71. The molecule has 0 unspecified atom stereocenters. The summed E-state index contributed by atoms with van der Waals surface area (Å²) >= 11 is 0. The van der Waals surface area contributed by atoms with E-state index in [1.54, 1.807) is 25.3 Å². The number of aliphatic imine (C=N–C) groups is 1. The summed E-state index contributed by atoms with van der Waals surface area (Å²) in [6.45, 7) is 3.80. The zero-order chi connectivity index (χ0) is 14.1. The van der Waals surface area contributed by atoms with Crippen LogP contribution in [-0.2, 0) is 11.3 Å². The topological polar surface area (TPSA) is 69.9 Å². The minimum Gasteiger partial charge on any atom is -0.467 e. The average molecular weight is 394 g/mol. The van der Waals surface area contributed by atoms with Crippen molar-refractivity contribution in [3.63, 3.8) is 0 Å². The van der Waals surface area contributed by atoms with Gasteiger partial charge in [0.05, 0.1) is 6.26 Å². The molecule has 114 valence electrons. The predicted molar refractivity (Wildman–Crippen MR) is 90.3 cm³/mol. The van der Waals surface area contributed by atoms with Crippen LogP contribution in [0.3, 0.4) is 0 Å². The van der Waals surface area contributed by atoms with E-state index in [1.165, 1.54) is 0 Å². The van der Waals surface area contributed by atoms with Crippen molar-refractivity contribution in [2.24, 2.45) is 4.99 Å². The molecule has 1 aromatic rings. The van der Waals surface area contributed by atoms with Gasteiger partial charge in [-0.05, 0) is 19.1 Å². The van der Waals surface area contributed by atoms with Crippen molar-refractivity contribution >= 4 is 35.8 Å². The van der Waals surface area contributed by atoms with E-state index in [4.69, 9.17) is 4.42 Å². The van der Waals surface area contributed by atoms with Crippen molar-refractivity contribution in [1.29, 1.82) is 0 Å². The molecular weight excluding hydrogens is 371 g/mol. The molecule has 0 atom stereocenters. The van der Waals surface area contributed by atoms with Crippen LogP contribution >= 0.6 is 24.0 Å². The van der Waals surface area contributed by atoms with Gasteiger partial charge < -0.3 is 20.0 Å². The van der Waals surface area contributed by atoms with Crippen molar-refractivity contribution in [2.45, 2.75) is 19.9 Å². The van der Waals surface area contributed by atoms with E-state index in [1.807, 2.05) is 19.1 Å². The normalized spacial score (nSPS) is 10.7. The zero-order valence-electron chi connectivity index (χ0n) is 12.2. The average Bonchev–Trinajstić information content (AvgIpc) is 2.88. The van der Waals surface area contributed by atoms with E-state index in [0.29, 0.717) is 25.5 Å². The third kappa shape index (κ3) is 7.37. The van der Waals surface area contributed by atoms with Crippen LogP contribution in [0.2, 0.25) is 0 Å². The second-order valence-electron chi connectivity index (χ2n) is 4.24. The van der Waals surface area contributed by atoms with Crippen molar-refractivity contribution in [1.82, 2.24) is 15.5 Å². The number of carbonyl (C=O) groups is 1. The maximum absolute atomic E-state index is 11.4. The molecule has 7 heteroatoms. The van der Waals surface area contributed by atoms with Gasteiger partial charge in [0.15, 0.2) is 5.96 Å². The summed E-state index contributed by atoms with van der Waals surface area (Å²) in [5.41, 5.74) is 0. The standard InChI is InChI=1S/C13H22N4O2.HI/c1-4-14-13(15-8-7-12(18)17(2)3)16-10-11-6-5-9-19-11;/h5-6,9H,4,7-8,10H2,1-3H3,(H2,14,15,16);1H. The Morgan fingerprint density at radius 2 is 2.15 bits per heavy atom. The molecule has 0 saturated carbocycles. The first-order valence-electron chi connectivity index (χ1n) is 6.38. The highest BCUT2D eigenvalue weighted by atomic mass is 127. The molecule has 0 fully saturated rings. The Balaban J connectivity index is 0.00000361. The Morgan fingerprint density at radius 1 is 1.40 bits per heavy atom. The number of hydrogen-bond donors (Lipinski definition) is 2. The monoisotopic (exact) mass is 394 g/mol. The Labute approximate surface area is 137 Å². The van der Waals surface area contributed by atoms with Crippen molar-refractivity contribution in [2.75, 3.05) is 27.2 Å². The molecular formula is C13H23IN4O2. The summed E-state index contributed by atoms with van der Waals surface area (Å²) in [7, 11) is 3.50. The van der Waals surface area contributed by atoms with E-state index in [0.717, 1.165) is 12.3 Å². The van der Waals surface area contributed by atoms with Crippen LogP contribution < -0.4 is 10.6 Å². The van der Waals surface area contributed by atoms with Crippen molar-refractivity contribution in [3.05, 3.63) is 24.2 Å². The molecule has 1 amide bonds. The van der Waals surface area contributed by atoms with Crippen LogP contribution in [-0.4, -0.2) is 44.0 Å². The molecule has 0 radical (unpaired) electrons. The van der Waals surface area contributed by atoms with E-state index in [-0.39, 0.29) is 29.9 Å². The lowest BCUT2D eigenvalue weighted by molar-refractivity contribution is -0.128. The zero-order valence-corrected chi connectivity index (χ0v) is 14.5. The largest absolute Gasteiger partial charge is 0.467 e. The van der Waals surface area contributed by atoms with Crippen LogP contribution in [0.15, 0.2) is 27.8 Å². The third-order valence-electron chi connectivity index (χ3n) is 2.45. The smallest absolute Gasteiger partial charge is 0.223 e. The molecule has 0 spiro atoms. The van der Waals surface area contributed by atoms with Gasteiger partial charge in [-0.3, -0.25) is 4.79 Å². The molecule has 20 heavy (non-hydrogen) atoms. The lowest BCUT2D eigenvalue weighted by atomic mass is 10.4. The summed E-state index contributed by atoms with van der Waals surface area (Å²) in [5.74, 6) is 1.58. The maximum Gasteiger partial charge on any atom is 0.223 e. The number of furan rings is 1. The first-order valence-corrected chi connectivity index (χ1v) is 6.38. The minimum absolute atomic E-state index is 0. The molecule has 0 aliphatic rings. The SMILES string of the molecule is CCNC(=NCc1ccco1)NCCC(=O)N(C)C.I. The van der Waals surface area contributed by atoms with Crippen LogP contribution in [0.5, 0.6) is 0 Å². The molecule has 0 aliphatic carbocycles. The van der Waals surface area contributed by atoms with E-state index in [2.05, 4.69) is 15.6 Å². The van der Waals surface area contributed by atoms with Gasteiger partial charge in [0, 0.05) is 33.6 Å². The molecule has 0 aromatic carbocycles. The fourth-order valence-electron chi connectivity index (χ4n) is 1.41. The number of nitrogens with zero attached hydrogens (tertiary/aromatic N) is 2. The molecule has 2 N–H and O–H groups in total.